The van der Waals surface area contributed by atoms with Gasteiger partial charge >= 0.3 is 0 Å². The lowest BCUT2D eigenvalue weighted by Crippen LogP contribution is -2.48. The van der Waals surface area contributed by atoms with E-state index >= 15 is 0 Å². The van der Waals surface area contributed by atoms with Crippen molar-refractivity contribution in [3.05, 3.63) is 0 Å². The van der Waals surface area contributed by atoms with E-state index in [1.807, 2.05) is 18.7 Å². The van der Waals surface area contributed by atoms with E-state index in [1.54, 1.807) is 0 Å². The number of amides is 2. The molecule has 1 atom stereocenters. The number of nitrogens with one attached hydrogen (secondary N) is 1. The zero-order valence-electron chi connectivity index (χ0n) is 12.2. The molecule has 0 radical (unpaired) electrons. The predicted octanol–water partition coefficient (Wildman–Crippen LogP) is 0.879. The minimum Gasteiger partial charge on any atom is -0.356 e. The molecule has 0 bridgehead atoms. The summed E-state index contributed by atoms with van der Waals surface area (Å²) in [6, 6.07) is 0.188. The molecule has 0 spiro atoms. The van der Waals surface area contributed by atoms with Gasteiger partial charge in [0.2, 0.25) is 11.8 Å². The maximum Gasteiger partial charge on any atom is 0.224 e. The second-order valence-corrected chi connectivity index (χ2v) is 5.67. The van der Waals surface area contributed by atoms with Crippen LogP contribution in [0.2, 0.25) is 0 Å². The van der Waals surface area contributed by atoms with Gasteiger partial charge in [-0.2, -0.15) is 0 Å². The summed E-state index contributed by atoms with van der Waals surface area (Å²) in [6.45, 7) is 5.78. The predicted molar refractivity (Wildman–Crippen MR) is 75.5 cm³/mol. The molecule has 5 nitrogen and oxygen atoms in total. The number of rotatable bonds is 6. The van der Waals surface area contributed by atoms with Crippen LogP contribution >= 0.6 is 0 Å². The lowest BCUT2D eigenvalue weighted by Gasteiger charge is -2.35. The van der Waals surface area contributed by atoms with Crippen LogP contribution in [-0.2, 0) is 9.59 Å². The Morgan fingerprint density at radius 2 is 2.11 bits per heavy atom. The van der Waals surface area contributed by atoms with Crippen LogP contribution in [0.3, 0.4) is 0 Å². The van der Waals surface area contributed by atoms with E-state index in [0.717, 1.165) is 25.8 Å². The monoisotopic (exact) mass is 269 g/mol. The van der Waals surface area contributed by atoms with Gasteiger partial charge in [-0.25, -0.2) is 0 Å². The number of hydrogen-bond acceptors (Lipinski definition) is 3. The summed E-state index contributed by atoms with van der Waals surface area (Å²) in [4.78, 5) is 25.5. The smallest absolute Gasteiger partial charge is 0.224 e. The fourth-order valence-electron chi connectivity index (χ4n) is 2.47. The average Bonchev–Trinajstić information content (AvgIpc) is 2.37. The van der Waals surface area contributed by atoms with Crippen molar-refractivity contribution in [3.8, 4) is 0 Å². The molecule has 0 aromatic rings. The molecule has 2 amide bonds. The number of likely N-dealkylation sites (tertiary alicyclic amines) is 1. The zero-order valence-corrected chi connectivity index (χ0v) is 12.2. The van der Waals surface area contributed by atoms with E-state index in [-0.39, 0.29) is 17.9 Å². The normalized spacial score (nSPS) is 19.6. The molecule has 1 saturated heterocycles. The standard InChI is InChI=1S/C14H27N3O2/c1-11(2)9-13(18)16-7-6-14(19)17-8-4-3-5-12(17)10-15/h11-12H,3-10,15H2,1-2H3,(H,16,18). The molecule has 0 aliphatic carbocycles. The third-order valence-electron chi connectivity index (χ3n) is 3.47. The molecule has 1 aliphatic heterocycles. The first kappa shape index (κ1) is 16.0. The van der Waals surface area contributed by atoms with Gasteiger partial charge in [-0.05, 0) is 25.2 Å². The van der Waals surface area contributed by atoms with Crippen molar-refractivity contribution < 1.29 is 9.59 Å². The summed E-state index contributed by atoms with van der Waals surface area (Å²) in [5, 5.41) is 2.80. The number of piperidine rings is 1. The van der Waals surface area contributed by atoms with Gasteiger partial charge < -0.3 is 16.0 Å². The van der Waals surface area contributed by atoms with Crippen LogP contribution in [0, 0.1) is 5.92 Å². The van der Waals surface area contributed by atoms with E-state index in [9.17, 15) is 9.59 Å². The quantitative estimate of drug-likeness (QED) is 0.751. The van der Waals surface area contributed by atoms with Crippen molar-refractivity contribution in [2.24, 2.45) is 11.7 Å². The first-order valence-corrected chi connectivity index (χ1v) is 7.30. The summed E-state index contributed by atoms with van der Waals surface area (Å²) < 4.78 is 0. The van der Waals surface area contributed by atoms with Crippen molar-refractivity contribution in [2.75, 3.05) is 19.6 Å². The molecule has 110 valence electrons. The SMILES string of the molecule is CC(C)CC(=O)NCCC(=O)N1CCCCC1CN. The van der Waals surface area contributed by atoms with Crippen molar-refractivity contribution >= 4 is 11.8 Å². The second kappa shape index (κ2) is 8.15. The number of nitrogens with two attached hydrogens (primary N) is 1. The summed E-state index contributed by atoms with van der Waals surface area (Å²) >= 11 is 0. The number of nitrogens with zero attached hydrogens (tertiary/aromatic N) is 1. The van der Waals surface area contributed by atoms with Gasteiger partial charge in [0.15, 0.2) is 0 Å². The number of carbonyl (C=O) groups excluding carboxylic acids is 2. The maximum atomic E-state index is 12.1. The highest BCUT2D eigenvalue weighted by molar-refractivity contribution is 5.79. The zero-order chi connectivity index (χ0) is 14.3. The highest BCUT2D eigenvalue weighted by Gasteiger charge is 2.24. The third-order valence-corrected chi connectivity index (χ3v) is 3.47. The molecule has 5 heteroatoms. The maximum absolute atomic E-state index is 12.1. The Morgan fingerprint density at radius 1 is 1.37 bits per heavy atom. The average molecular weight is 269 g/mol. The molecule has 0 aromatic carbocycles. The minimum absolute atomic E-state index is 0.0248. The van der Waals surface area contributed by atoms with Gasteiger partial charge in [-0.3, -0.25) is 9.59 Å². The molecular formula is C14H27N3O2. The van der Waals surface area contributed by atoms with Gasteiger partial charge in [-0.15, -0.1) is 0 Å². The summed E-state index contributed by atoms with van der Waals surface area (Å²) in [5.74, 6) is 0.483. The van der Waals surface area contributed by atoms with Crippen LogP contribution in [0.4, 0.5) is 0 Å². The van der Waals surface area contributed by atoms with Crippen LogP contribution in [-0.4, -0.2) is 42.4 Å². The highest BCUT2D eigenvalue weighted by atomic mass is 16.2. The summed E-state index contributed by atoms with van der Waals surface area (Å²) in [7, 11) is 0. The molecular weight excluding hydrogens is 242 g/mol. The van der Waals surface area contributed by atoms with E-state index in [4.69, 9.17) is 5.73 Å². The highest BCUT2D eigenvalue weighted by Crippen LogP contribution is 2.16. The Labute approximate surface area is 115 Å². The van der Waals surface area contributed by atoms with Crippen molar-refractivity contribution in [1.29, 1.82) is 0 Å². The number of carbonyl (C=O) groups is 2. The van der Waals surface area contributed by atoms with Gasteiger partial charge in [0.25, 0.3) is 0 Å². The van der Waals surface area contributed by atoms with Crippen LogP contribution in [0.15, 0.2) is 0 Å². The molecule has 1 rings (SSSR count). The molecule has 3 N–H and O–H groups in total. The first-order chi connectivity index (χ1) is 9.04. The molecule has 1 unspecified atom stereocenters. The van der Waals surface area contributed by atoms with Gasteiger partial charge in [0, 0.05) is 38.5 Å². The first-order valence-electron chi connectivity index (χ1n) is 7.30. The molecule has 0 saturated carbocycles. The topological polar surface area (TPSA) is 75.4 Å². The van der Waals surface area contributed by atoms with Crippen molar-refractivity contribution in [3.63, 3.8) is 0 Å². The van der Waals surface area contributed by atoms with E-state index in [1.165, 1.54) is 0 Å². The van der Waals surface area contributed by atoms with Crippen LogP contribution in [0.25, 0.3) is 0 Å². The third kappa shape index (κ3) is 5.59. The van der Waals surface area contributed by atoms with Gasteiger partial charge in [0.1, 0.15) is 0 Å². The lowest BCUT2D eigenvalue weighted by molar-refractivity contribution is -0.134. The van der Waals surface area contributed by atoms with Crippen molar-refractivity contribution in [1.82, 2.24) is 10.2 Å². The Balaban J connectivity index is 2.28. The summed E-state index contributed by atoms with van der Waals surface area (Å²) in [6.07, 6.45) is 4.10. The van der Waals surface area contributed by atoms with E-state index < -0.39 is 0 Å². The van der Waals surface area contributed by atoms with Crippen molar-refractivity contribution in [2.45, 2.75) is 52.0 Å². The largest absolute Gasteiger partial charge is 0.356 e. The molecule has 1 heterocycles. The van der Waals surface area contributed by atoms with E-state index in [0.29, 0.717) is 31.8 Å². The van der Waals surface area contributed by atoms with Crippen LogP contribution in [0.5, 0.6) is 0 Å². The fourth-order valence-corrected chi connectivity index (χ4v) is 2.47. The molecule has 1 fully saturated rings. The van der Waals surface area contributed by atoms with Crippen LogP contribution in [0.1, 0.15) is 46.0 Å². The van der Waals surface area contributed by atoms with Gasteiger partial charge in [-0.1, -0.05) is 13.8 Å². The van der Waals surface area contributed by atoms with Gasteiger partial charge in [0.05, 0.1) is 0 Å². The van der Waals surface area contributed by atoms with Crippen LogP contribution < -0.4 is 11.1 Å². The second-order valence-electron chi connectivity index (χ2n) is 5.67. The summed E-state index contributed by atoms with van der Waals surface area (Å²) in [5.41, 5.74) is 5.70. The lowest BCUT2D eigenvalue weighted by atomic mass is 10.0. The Kier molecular flexibility index (Phi) is 6.84. The fraction of sp³-hybridized carbons (Fsp3) is 0.857. The van der Waals surface area contributed by atoms with E-state index in [2.05, 4.69) is 5.32 Å². The minimum atomic E-state index is 0.0248. The molecule has 19 heavy (non-hydrogen) atoms. The molecule has 1 aliphatic rings. The number of hydrogen-bond donors (Lipinski definition) is 2. The Morgan fingerprint density at radius 3 is 2.74 bits per heavy atom. The Bertz CT molecular complexity index is 305. The Hall–Kier alpha value is -1.10. The molecule has 0 aromatic heterocycles.